The Kier molecular flexibility index (Phi) is 13.8. The van der Waals surface area contributed by atoms with Gasteiger partial charge in [0.05, 0.1) is 29.8 Å². The van der Waals surface area contributed by atoms with E-state index in [4.69, 9.17) is 32.0 Å². The molecule has 300 valence electrons. The van der Waals surface area contributed by atoms with E-state index in [1.807, 2.05) is 29.2 Å². The number of benzene rings is 2. The van der Waals surface area contributed by atoms with Crippen LogP contribution in [0.3, 0.4) is 0 Å². The van der Waals surface area contributed by atoms with E-state index in [1.165, 1.54) is 31.4 Å². The summed E-state index contributed by atoms with van der Waals surface area (Å²) in [7, 11) is -4.15. The number of piperazine rings is 1. The predicted molar refractivity (Wildman–Crippen MR) is 194 cm³/mol. The summed E-state index contributed by atoms with van der Waals surface area (Å²) in [4.78, 5) is 30.4. The number of halogens is 6. The maximum absolute atomic E-state index is 14.6. The highest BCUT2D eigenvalue weighted by molar-refractivity contribution is 7.89. The Morgan fingerprint density at radius 1 is 0.945 bits per heavy atom. The lowest BCUT2D eigenvalue weighted by Crippen LogP contribution is -2.64. The minimum absolute atomic E-state index is 0.0126. The van der Waals surface area contributed by atoms with Crippen LogP contribution in [0, 0.1) is 5.92 Å². The molecule has 55 heavy (non-hydrogen) atoms. The van der Waals surface area contributed by atoms with Gasteiger partial charge in [-0.25, -0.2) is 22.0 Å². The number of carboxylic acid groups (broad SMARTS) is 1. The first-order valence-corrected chi connectivity index (χ1v) is 19.7. The fraction of sp³-hybridized carbons (Fsp3) is 0.486. The minimum atomic E-state index is -5.08. The van der Waals surface area contributed by atoms with Gasteiger partial charge < -0.3 is 20.5 Å². The summed E-state index contributed by atoms with van der Waals surface area (Å²) < 4.78 is 96.3. The Morgan fingerprint density at radius 2 is 1.60 bits per heavy atom. The van der Waals surface area contributed by atoms with Gasteiger partial charge in [0, 0.05) is 49.5 Å². The number of aliphatic carboxylic acids is 1. The van der Waals surface area contributed by atoms with Crippen LogP contribution in [0.4, 0.5) is 22.0 Å². The number of carbonyl (C=O) groups is 2. The lowest BCUT2D eigenvalue weighted by Gasteiger charge is -2.43. The topological polar surface area (TPSA) is 146 Å². The van der Waals surface area contributed by atoms with Crippen molar-refractivity contribution in [1.29, 1.82) is 0 Å². The van der Waals surface area contributed by atoms with Crippen molar-refractivity contribution in [2.75, 3.05) is 39.3 Å². The number of sulfonamides is 1. The molecule has 2 aromatic carbocycles. The van der Waals surface area contributed by atoms with Crippen molar-refractivity contribution >= 4 is 33.5 Å². The van der Waals surface area contributed by atoms with Gasteiger partial charge in [-0.2, -0.15) is 17.5 Å². The third kappa shape index (κ3) is 11.1. The molecule has 0 radical (unpaired) electrons. The van der Waals surface area contributed by atoms with Gasteiger partial charge in [-0.05, 0) is 73.2 Å². The van der Waals surface area contributed by atoms with Crippen LogP contribution in [0.2, 0.25) is 5.02 Å². The van der Waals surface area contributed by atoms with E-state index in [-0.39, 0.29) is 31.0 Å². The van der Waals surface area contributed by atoms with Crippen LogP contribution in [-0.2, 0) is 26.2 Å². The van der Waals surface area contributed by atoms with Crippen LogP contribution in [0.25, 0.3) is 11.3 Å². The predicted octanol–water partition coefficient (Wildman–Crippen LogP) is 6.06. The van der Waals surface area contributed by atoms with E-state index in [2.05, 4.69) is 4.98 Å². The van der Waals surface area contributed by atoms with Crippen molar-refractivity contribution in [3.8, 4) is 17.0 Å². The van der Waals surface area contributed by atoms with Crippen molar-refractivity contribution in [1.82, 2.24) is 19.1 Å². The number of aromatic nitrogens is 1. The normalized spacial score (nSPS) is 21.3. The molecule has 2 aliphatic heterocycles. The number of pyridine rings is 1. The first kappa shape index (κ1) is 42.2. The number of ether oxygens (including phenoxy) is 1. The molecular formula is C37H43ClF5N5O6S. The molecule has 2 atom stereocenters. The molecular weight excluding hydrogens is 773 g/mol. The van der Waals surface area contributed by atoms with E-state index < -0.39 is 52.6 Å². The average Bonchev–Trinajstić information content (AvgIpc) is 3.16. The number of hydrogen-bond acceptors (Lipinski definition) is 8. The largest absolute Gasteiger partial charge is 0.493 e. The maximum atomic E-state index is 14.6. The molecule has 18 heteroatoms. The monoisotopic (exact) mass is 815 g/mol. The number of amides is 1. The third-order valence-electron chi connectivity index (χ3n) is 9.92. The highest BCUT2D eigenvalue weighted by Crippen LogP contribution is 2.31. The van der Waals surface area contributed by atoms with Gasteiger partial charge in [0.25, 0.3) is 5.92 Å². The minimum Gasteiger partial charge on any atom is -0.493 e. The molecule has 11 nitrogen and oxygen atoms in total. The van der Waals surface area contributed by atoms with E-state index in [1.54, 1.807) is 30.5 Å². The smallest absolute Gasteiger partial charge is 0.490 e. The molecule has 1 aliphatic carbocycles. The number of carbonyl (C=O) groups excluding carboxylic acids is 1. The molecule has 3 aromatic rings. The first-order valence-electron chi connectivity index (χ1n) is 17.8. The molecule has 3 N–H and O–H groups in total. The zero-order chi connectivity index (χ0) is 40.0. The van der Waals surface area contributed by atoms with Crippen molar-refractivity contribution in [3.05, 3.63) is 77.4 Å². The van der Waals surface area contributed by atoms with Crippen LogP contribution in [0.15, 0.2) is 71.8 Å². The molecule has 6 rings (SSSR count). The van der Waals surface area contributed by atoms with Crippen molar-refractivity contribution in [2.24, 2.45) is 11.7 Å². The van der Waals surface area contributed by atoms with Crippen molar-refractivity contribution < 1.29 is 49.8 Å². The summed E-state index contributed by atoms with van der Waals surface area (Å²) in [6, 6.07) is 14.9. The Hall–Kier alpha value is -3.90. The fourth-order valence-electron chi connectivity index (χ4n) is 6.79. The number of hydrogen-bond donors (Lipinski definition) is 2. The second-order valence-electron chi connectivity index (χ2n) is 13.9. The zero-order valence-corrected chi connectivity index (χ0v) is 31.4. The van der Waals surface area contributed by atoms with Gasteiger partial charge in [-0.1, -0.05) is 49.1 Å². The number of carboxylic acids is 1. The second kappa shape index (κ2) is 17.9. The molecule has 3 aliphatic rings. The summed E-state index contributed by atoms with van der Waals surface area (Å²) in [5.41, 5.74) is 8.20. The number of nitrogens with zero attached hydrogens (tertiary/aromatic N) is 4. The Bertz CT molecular complexity index is 1860. The Labute approximate surface area is 321 Å². The third-order valence-corrected chi connectivity index (χ3v) is 12.1. The standard InChI is InChI=1S/C35H42ClF2N5O4S.C2HF3O2/c36-28-9-7-27(8-10-28)31-15-6-26(20-40-31)21-41-18-19-43(32(22-41)34(44)42-17-16-33(39)35(37,38)24-42)48(45,46)30-13-11-29(12-14-30)47-23-25-4-2-1-3-5-25;3-2(4,5)1(6)7/h6-15,20,25,32-33H,1-5,16-19,21-24,39H2;(H,6,7)/t32-,33-;/m0./s1. The first-order chi connectivity index (χ1) is 25.9. The van der Waals surface area contributed by atoms with Gasteiger partial charge in [0.1, 0.15) is 11.8 Å². The SMILES string of the molecule is N[C@H]1CCN(C(=O)[C@@H]2CN(Cc3ccc(-c4ccc(Cl)cc4)nc3)CCN2S(=O)(=O)c2ccc(OCC3CCCCC3)cc2)CC1(F)F.O=C(O)C(F)(F)F. The Morgan fingerprint density at radius 3 is 2.18 bits per heavy atom. The highest BCUT2D eigenvalue weighted by atomic mass is 35.5. The van der Waals surface area contributed by atoms with Crippen LogP contribution >= 0.6 is 11.6 Å². The van der Waals surface area contributed by atoms with Gasteiger partial charge in [0.2, 0.25) is 15.9 Å². The second-order valence-corrected chi connectivity index (χ2v) is 16.3. The van der Waals surface area contributed by atoms with Crippen LogP contribution in [-0.4, -0.2) is 108 Å². The van der Waals surface area contributed by atoms with Gasteiger partial charge in [-0.15, -0.1) is 0 Å². The summed E-state index contributed by atoms with van der Waals surface area (Å²) >= 11 is 6.01. The molecule has 1 saturated carbocycles. The lowest BCUT2D eigenvalue weighted by atomic mass is 9.90. The molecule has 1 amide bonds. The quantitative estimate of drug-likeness (QED) is 0.246. The average molecular weight is 816 g/mol. The lowest BCUT2D eigenvalue weighted by molar-refractivity contribution is -0.192. The summed E-state index contributed by atoms with van der Waals surface area (Å²) in [6.07, 6.45) is 2.51. The Balaban J connectivity index is 0.000000757. The number of nitrogens with two attached hydrogens (primary N) is 1. The molecule has 3 fully saturated rings. The summed E-state index contributed by atoms with van der Waals surface area (Å²) in [5.74, 6) is -5.60. The van der Waals surface area contributed by atoms with Crippen LogP contribution < -0.4 is 10.5 Å². The van der Waals surface area contributed by atoms with Crippen molar-refractivity contribution in [3.63, 3.8) is 0 Å². The summed E-state index contributed by atoms with van der Waals surface area (Å²) in [5, 5.41) is 7.76. The zero-order valence-electron chi connectivity index (χ0n) is 29.8. The molecule has 3 heterocycles. The number of piperidine rings is 1. The number of rotatable bonds is 9. The molecule has 1 aromatic heterocycles. The van der Waals surface area contributed by atoms with Crippen LogP contribution in [0.1, 0.15) is 44.1 Å². The number of likely N-dealkylation sites (tertiary alicyclic amines) is 1. The molecule has 0 spiro atoms. The van der Waals surface area contributed by atoms with E-state index in [0.717, 1.165) is 38.9 Å². The highest BCUT2D eigenvalue weighted by Gasteiger charge is 2.48. The fourth-order valence-corrected chi connectivity index (χ4v) is 8.48. The molecule has 0 unspecified atom stereocenters. The maximum Gasteiger partial charge on any atom is 0.490 e. The van der Waals surface area contributed by atoms with Gasteiger partial charge >= 0.3 is 12.1 Å². The van der Waals surface area contributed by atoms with Crippen molar-refractivity contribution in [2.45, 2.75) is 74.1 Å². The number of alkyl halides is 5. The molecule has 0 bridgehead atoms. The van der Waals surface area contributed by atoms with E-state index in [9.17, 15) is 35.2 Å². The van der Waals surface area contributed by atoms with Crippen LogP contribution in [0.5, 0.6) is 5.75 Å². The van der Waals surface area contributed by atoms with Gasteiger partial charge in [-0.3, -0.25) is 14.7 Å². The summed E-state index contributed by atoms with van der Waals surface area (Å²) in [6.45, 7) is 0.565. The van der Waals surface area contributed by atoms with Gasteiger partial charge in [0.15, 0.2) is 0 Å². The van der Waals surface area contributed by atoms with E-state index >= 15 is 0 Å². The molecule has 2 saturated heterocycles. The van der Waals surface area contributed by atoms with E-state index in [0.29, 0.717) is 36.4 Å².